The number of nitriles is 1. The molecule has 0 fully saturated rings. The van der Waals surface area contributed by atoms with E-state index in [1.807, 2.05) is 18.2 Å². The second-order valence-corrected chi connectivity index (χ2v) is 10.4. The lowest BCUT2D eigenvalue weighted by molar-refractivity contribution is -0.113. The molecule has 0 radical (unpaired) electrons. The standard InChI is InChI=1S/C19H16ClN3OS3/c1-10-2-4-12-13(8-21)18(26-16(12)6-10)23-17(24)9-25-19-22-14-7-11(20)3-5-15(14)27-19/h3,5,7,10H,2,4,6,9H2,1H3,(H,23,24). The number of hydrogen-bond acceptors (Lipinski definition) is 6. The average molecular weight is 434 g/mol. The molecule has 0 aliphatic heterocycles. The van der Waals surface area contributed by atoms with E-state index >= 15 is 0 Å². The van der Waals surface area contributed by atoms with Gasteiger partial charge in [-0.25, -0.2) is 4.98 Å². The number of nitrogens with one attached hydrogen (secondary N) is 1. The fraction of sp³-hybridized carbons (Fsp3) is 0.316. The molecule has 8 heteroatoms. The van der Waals surface area contributed by atoms with Crippen molar-refractivity contribution in [1.29, 1.82) is 5.26 Å². The van der Waals surface area contributed by atoms with Crippen molar-refractivity contribution in [2.75, 3.05) is 11.1 Å². The average Bonchev–Trinajstić information content (AvgIpc) is 3.19. The highest BCUT2D eigenvalue weighted by Gasteiger charge is 2.24. The van der Waals surface area contributed by atoms with Crippen molar-refractivity contribution >= 4 is 67.2 Å². The van der Waals surface area contributed by atoms with Crippen LogP contribution in [0.4, 0.5) is 5.00 Å². The van der Waals surface area contributed by atoms with Crippen LogP contribution in [0.15, 0.2) is 22.5 Å². The number of nitrogens with zero attached hydrogens (tertiary/aromatic N) is 2. The van der Waals surface area contributed by atoms with Crippen molar-refractivity contribution < 1.29 is 4.79 Å². The Morgan fingerprint density at radius 1 is 1.48 bits per heavy atom. The molecule has 1 N–H and O–H groups in total. The maximum atomic E-state index is 12.4. The summed E-state index contributed by atoms with van der Waals surface area (Å²) in [6, 6.07) is 7.89. The van der Waals surface area contributed by atoms with Crippen molar-refractivity contribution in [3.8, 4) is 6.07 Å². The number of thioether (sulfide) groups is 1. The number of amides is 1. The smallest absolute Gasteiger partial charge is 0.235 e. The number of halogens is 1. The Kier molecular flexibility index (Phi) is 5.42. The first kappa shape index (κ1) is 18.8. The molecule has 1 unspecified atom stereocenters. The Bertz CT molecular complexity index is 1070. The van der Waals surface area contributed by atoms with Crippen LogP contribution in [-0.4, -0.2) is 16.6 Å². The number of carbonyl (C=O) groups excluding carboxylic acids is 1. The molecule has 4 nitrogen and oxygen atoms in total. The van der Waals surface area contributed by atoms with Crippen molar-refractivity contribution in [2.24, 2.45) is 5.92 Å². The normalized spacial score (nSPS) is 16.1. The minimum absolute atomic E-state index is 0.111. The monoisotopic (exact) mass is 433 g/mol. The minimum Gasteiger partial charge on any atom is -0.316 e. The second kappa shape index (κ2) is 7.80. The van der Waals surface area contributed by atoms with Crippen LogP contribution in [0, 0.1) is 17.2 Å². The summed E-state index contributed by atoms with van der Waals surface area (Å²) in [5.74, 6) is 0.784. The van der Waals surface area contributed by atoms with E-state index in [4.69, 9.17) is 11.6 Å². The fourth-order valence-corrected chi connectivity index (χ4v) is 6.58. The molecule has 1 aliphatic rings. The largest absolute Gasteiger partial charge is 0.316 e. The highest BCUT2D eigenvalue weighted by atomic mass is 35.5. The molecule has 1 amide bonds. The second-order valence-electron chi connectivity index (χ2n) is 6.60. The van der Waals surface area contributed by atoms with E-state index in [1.165, 1.54) is 16.6 Å². The number of benzene rings is 1. The number of anilines is 1. The summed E-state index contributed by atoms with van der Waals surface area (Å²) in [5.41, 5.74) is 2.63. The van der Waals surface area contributed by atoms with Gasteiger partial charge < -0.3 is 5.32 Å². The molecule has 0 saturated heterocycles. The van der Waals surface area contributed by atoms with E-state index in [1.54, 1.807) is 22.7 Å². The van der Waals surface area contributed by atoms with Crippen molar-refractivity contribution in [3.05, 3.63) is 39.2 Å². The molecule has 2 heterocycles. The van der Waals surface area contributed by atoms with E-state index in [9.17, 15) is 10.1 Å². The van der Waals surface area contributed by atoms with Gasteiger partial charge in [-0.15, -0.1) is 22.7 Å². The summed E-state index contributed by atoms with van der Waals surface area (Å²) in [5, 5.41) is 13.8. The van der Waals surface area contributed by atoms with E-state index in [2.05, 4.69) is 23.3 Å². The summed E-state index contributed by atoms with van der Waals surface area (Å²) in [6.07, 6.45) is 3.02. The third-order valence-electron chi connectivity index (χ3n) is 4.53. The van der Waals surface area contributed by atoms with Gasteiger partial charge in [0.05, 0.1) is 21.5 Å². The molecule has 1 aromatic carbocycles. The third-order valence-corrected chi connectivity index (χ3v) is 8.12. The molecule has 138 valence electrons. The summed E-state index contributed by atoms with van der Waals surface area (Å²) in [4.78, 5) is 18.2. The van der Waals surface area contributed by atoms with Gasteiger partial charge in [0.2, 0.25) is 5.91 Å². The highest BCUT2D eigenvalue weighted by molar-refractivity contribution is 8.01. The number of carbonyl (C=O) groups is 1. The number of thiophene rings is 1. The molecule has 0 saturated carbocycles. The zero-order chi connectivity index (χ0) is 19.0. The molecular weight excluding hydrogens is 418 g/mol. The van der Waals surface area contributed by atoms with Gasteiger partial charge in [0.15, 0.2) is 4.34 Å². The molecule has 1 atom stereocenters. The maximum Gasteiger partial charge on any atom is 0.235 e. The summed E-state index contributed by atoms with van der Waals surface area (Å²) < 4.78 is 1.89. The predicted molar refractivity (Wildman–Crippen MR) is 114 cm³/mol. The first-order valence-electron chi connectivity index (χ1n) is 8.57. The molecule has 1 aliphatic carbocycles. The Labute approximate surface area is 174 Å². The maximum absolute atomic E-state index is 12.4. The van der Waals surface area contributed by atoms with Gasteiger partial charge >= 0.3 is 0 Å². The van der Waals surface area contributed by atoms with Crippen LogP contribution in [0.25, 0.3) is 10.2 Å². The van der Waals surface area contributed by atoms with Crippen LogP contribution in [-0.2, 0) is 17.6 Å². The van der Waals surface area contributed by atoms with E-state index < -0.39 is 0 Å². The number of hydrogen-bond donors (Lipinski definition) is 1. The van der Waals surface area contributed by atoms with Gasteiger partial charge in [-0.2, -0.15) is 5.26 Å². The lowest BCUT2D eigenvalue weighted by atomic mass is 9.89. The van der Waals surface area contributed by atoms with Crippen LogP contribution in [0.1, 0.15) is 29.3 Å². The van der Waals surface area contributed by atoms with Crippen LogP contribution in [0.2, 0.25) is 5.02 Å². The Morgan fingerprint density at radius 3 is 3.15 bits per heavy atom. The number of rotatable bonds is 4. The van der Waals surface area contributed by atoms with Crippen LogP contribution in [0.3, 0.4) is 0 Å². The van der Waals surface area contributed by atoms with Gasteiger partial charge in [0.1, 0.15) is 11.1 Å². The summed E-state index contributed by atoms with van der Waals surface area (Å²) in [7, 11) is 0. The Morgan fingerprint density at radius 2 is 2.33 bits per heavy atom. The topological polar surface area (TPSA) is 65.8 Å². The molecule has 0 spiro atoms. The minimum atomic E-state index is -0.111. The van der Waals surface area contributed by atoms with Crippen molar-refractivity contribution in [3.63, 3.8) is 0 Å². The van der Waals surface area contributed by atoms with E-state index in [0.717, 1.165) is 39.4 Å². The first-order valence-corrected chi connectivity index (χ1v) is 11.6. The Hall–Kier alpha value is -1.59. The van der Waals surface area contributed by atoms with Crippen LogP contribution < -0.4 is 5.32 Å². The molecule has 2 aromatic heterocycles. The lowest BCUT2D eigenvalue weighted by Crippen LogP contribution is -2.14. The van der Waals surface area contributed by atoms with E-state index in [-0.39, 0.29) is 11.7 Å². The number of thiazole rings is 1. The molecule has 4 rings (SSSR count). The van der Waals surface area contributed by atoms with E-state index in [0.29, 0.717) is 21.5 Å². The fourth-order valence-electron chi connectivity index (χ4n) is 3.19. The van der Waals surface area contributed by atoms with Gasteiger partial charge in [0, 0.05) is 9.90 Å². The predicted octanol–water partition coefficient (Wildman–Crippen LogP) is 5.74. The number of aromatic nitrogens is 1. The SMILES string of the molecule is CC1CCc2c(sc(NC(=O)CSc3nc4cc(Cl)ccc4s3)c2C#N)C1. The molecule has 0 bridgehead atoms. The van der Waals surface area contributed by atoms with Crippen molar-refractivity contribution in [1.82, 2.24) is 4.98 Å². The van der Waals surface area contributed by atoms with Crippen LogP contribution in [0.5, 0.6) is 0 Å². The zero-order valence-corrected chi connectivity index (χ0v) is 17.7. The summed E-state index contributed by atoms with van der Waals surface area (Å²) >= 11 is 10.5. The third kappa shape index (κ3) is 3.99. The quantitative estimate of drug-likeness (QED) is 0.533. The molecule has 3 aromatic rings. The van der Waals surface area contributed by atoms with Gasteiger partial charge in [-0.05, 0) is 48.9 Å². The van der Waals surface area contributed by atoms with Crippen molar-refractivity contribution in [2.45, 2.75) is 30.5 Å². The highest BCUT2D eigenvalue weighted by Crippen LogP contribution is 2.39. The van der Waals surface area contributed by atoms with Crippen LogP contribution >= 0.6 is 46.0 Å². The summed E-state index contributed by atoms with van der Waals surface area (Å²) in [6.45, 7) is 2.23. The van der Waals surface area contributed by atoms with Gasteiger partial charge in [-0.3, -0.25) is 4.79 Å². The number of fused-ring (bicyclic) bond motifs is 2. The first-order chi connectivity index (χ1) is 13.0. The molecular formula is C19H16ClN3OS3. The van der Waals surface area contributed by atoms with Gasteiger partial charge in [-0.1, -0.05) is 30.3 Å². The van der Waals surface area contributed by atoms with Gasteiger partial charge in [0.25, 0.3) is 0 Å². The zero-order valence-electron chi connectivity index (χ0n) is 14.5. The Balaban J connectivity index is 1.44. The molecule has 27 heavy (non-hydrogen) atoms. The lowest BCUT2D eigenvalue weighted by Gasteiger charge is -2.17.